The predicted octanol–water partition coefficient (Wildman–Crippen LogP) is 5.10. The topological polar surface area (TPSA) is 33.2 Å². The lowest BCUT2D eigenvalue weighted by molar-refractivity contribution is 0.121. The molecule has 0 radical (unpaired) electrons. The summed E-state index contributed by atoms with van der Waals surface area (Å²) in [4.78, 5) is 11.2. The van der Waals surface area contributed by atoms with Gasteiger partial charge in [-0.25, -0.2) is 0 Å². The zero-order valence-corrected chi connectivity index (χ0v) is 25.0. The molecule has 8 unspecified atom stereocenters. The van der Waals surface area contributed by atoms with Gasteiger partial charge in [-0.15, -0.1) is 0 Å². The van der Waals surface area contributed by atoms with Crippen molar-refractivity contribution in [3.63, 3.8) is 0 Å². The van der Waals surface area contributed by atoms with Crippen LogP contribution in [0, 0.1) is 11.8 Å². The van der Waals surface area contributed by atoms with Gasteiger partial charge in [-0.1, -0.05) is 59.7 Å². The largest absolute Gasteiger partial charge is 0.392 e. The molecule has 5 heteroatoms. The maximum Gasteiger partial charge on any atom is 0.0681 e. The van der Waals surface area contributed by atoms with Crippen LogP contribution in [0.2, 0.25) is 0 Å². The number of aliphatic hydroxyl groups excluding tert-OH is 1. The lowest BCUT2D eigenvalue weighted by Gasteiger charge is -2.57. The van der Waals surface area contributed by atoms with Crippen LogP contribution < -0.4 is 9.80 Å². The standard InChI is InChI=1S/C38H40N4O/c1-2-23-19-39-14-12-37-29-7-3-6-10-32(29)42-22-28-26-18-34-38(13-15-40(34)20-24(26)11-16-43)30-8-4-5-9-31(30)41(36(28)38)21-27(35(37)42)25(23)17-33(37)39/h2-11,21-22,25-26,33-36,43H,12-20H2,1H3. The summed E-state index contributed by atoms with van der Waals surface area (Å²) in [6.07, 6.45) is 14.9. The second kappa shape index (κ2) is 7.93. The summed E-state index contributed by atoms with van der Waals surface area (Å²) in [7, 11) is 0. The average Bonchev–Trinajstić information content (AvgIpc) is 3.76. The Balaban J connectivity index is 1.24. The van der Waals surface area contributed by atoms with Gasteiger partial charge in [-0.05, 0) is 80.1 Å². The quantitative estimate of drug-likeness (QED) is 0.484. The van der Waals surface area contributed by atoms with Gasteiger partial charge in [0.2, 0.25) is 0 Å². The van der Waals surface area contributed by atoms with E-state index < -0.39 is 0 Å². The fourth-order valence-corrected chi connectivity index (χ4v) is 12.6. The molecule has 2 aromatic rings. The van der Waals surface area contributed by atoms with Gasteiger partial charge >= 0.3 is 0 Å². The highest BCUT2D eigenvalue weighted by Crippen LogP contribution is 2.67. The second-order valence-electron chi connectivity index (χ2n) is 14.9. The molecule has 2 spiro atoms. The molecule has 7 aliphatic heterocycles. The number of anilines is 2. The molecule has 2 aromatic carbocycles. The highest BCUT2D eigenvalue weighted by molar-refractivity contribution is 5.77. The predicted molar refractivity (Wildman–Crippen MR) is 170 cm³/mol. The van der Waals surface area contributed by atoms with Gasteiger partial charge in [0.25, 0.3) is 0 Å². The van der Waals surface area contributed by atoms with Crippen LogP contribution in [-0.4, -0.2) is 71.9 Å². The third-order valence-electron chi connectivity index (χ3n) is 13.9. The van der Waals surface area contributed by atoms with E-state index >= 15 is 0 Å². The van der Waals surface area contributed by atoms with E-state index in [1.54, 1.807) is 27.8 Å². The molecule has 43 heavy (non-hydrogen) atoms. The Morgan fingerprint density at radius 1 is 0.744 bits per heavy atom. The monoisotopic (exact) mass is 568 g/mol. The first-order valence-corrected chi connectivity index (χ1v) is 16.8. The van der Waals surface area contributed by atoms with Crippen LogP contribution in [0.3, 0.4) is 0 Å². The molecule has 2 saturated carbocycles. The van der Waals surface area contributed by atoms with Crippen LogP contribution in [-0.2, 0) is 10.8 Å². The zero-order valence-electron chi connectivity index (χ0n) is 25.0. The van der Waals surface area contributed by atoms with Gasteiger partial charge < -0.3 is 14.9 Å². The minimum Gasteiger partial charge on any atom is -0.392 e. The maximum atomic E-state index is 10.2. The van der Waals surface area contributed by atoms with Crippen LogP contribution in [0.15, 0.2) is 95.4 Å². The van der Waals surface area contributed by atoms with Crippen LogP contribution in [0.1, 0.15) is 43.7 Å². The Bertz CT molecular complexity index is 1740. The van der Waals surface area contributed by atoms with Crippen molar-refractivity contribution < 1.29 is 5.11 Å². The van der Waals surface area contributed by atoms with E-state index in [0.717, 1.165) is 19.6 Å². The number of para-hydroxylation sites is 2. The number of benzene rings is 2. The molecule has 0 aromatic heterocycles. The first-order valence-electron chi connectivity index (χ1n) is 16.8. The molecule has 7 heterocycles. The molecule has 11 rings (SSSR count). The number of hydrogen-bond acceptors (Lipinski definition) is 5. The number of rotatable bonds is 1. The number of fused-ring (bicyclic) bond motifs is 8. The van der Waals surface area contributed by atoms with Crippen LogP contribution >= 0.6 is 0 Å². The summed E-state index contributed by atoms with van der Waals surface area (Å²) < 4.78 is 0. The van der Waals surface area contributed by atoms with E-state index in [1.165, 1.54) is 49.2 Å². The molecule has 9 aliphatic rings. The highest BCUT2D eigenvalue weighted by Gasteiger charge is 2.69. The van der Waals surface area contributed by atoms with Crippen molar-refractivity contribution in [2.75, 3.05) is 42.6 Å². The molecule has 218 valence electrons. The normalized spacial score (nSPS) is 42.7. The van der Waals surface area contributed by atoms with E-state index in [0.29, 0.717) is 36.0 Å². The molecule has 8 atom stereocenters. The molecule has 2 aliphatic carbocycles. The number of piperidine rings is 2. The molecule has 0 amide bonds. The highest BCUT2D eigenvalue weighted by atomic mass is 16.2. The summed E-state index contributed by atoms with van der Waals surface area (Å²) in [5.41, 5.74) is 12.6. The van der Waals surface area contributed by atoms with Crippen molar-refractivity contribution in [1.82, 2.24) is 9.80 Å². The third kappa shape index (κ3) is 2.55. The lowest BCUT2D eigenvalue weighted by Crippen LogP contribution is -2.63. The smallest absolute Gasteiger partial charge is 0.0681 e. The van der Waals surface area contributed by atoms with Crippen molar-refractivity contribution in [1.29, 1.82) is 0 Å². The van der Waals surface area contributed by atoms with Gasteiger partial charge in [-0.2, -0.15) is 0 Å². The van der Waals surface area contributed by atoms with E-state index in [-0.39, 0.29) is 17.4 Å². The van der Waals surface area contributed by atoms with Gasteiger partial charge in [-0.3, -0.25) is 9.80 Å². The molecule has 4 bridgehead atoms. The SMILES string of the molecule is CC=C1CN2CCC34c5ccccc5N5C=C6C7CC8N(CCC89c8ccccc8N(C=C(C1CC23)C54)C69)CC7=CCO. The molecule has 1 N–H and O–H groups in total. The number of aliphatic hydroxyl groups is 1. The second-order valence-corrected chi connectivity index (χ2v) is 14.9. The van der Waals surface area contributed by atoms with Crippen LogP contribution in [0.4, 0.5) is 11.4 Å². The Morgan fingerprint density at radius 2 is 1.26 bits per heavy atom. The van der Waals surface area contributed by atoms with E-state index in [4.69, 9.17) is 0 Å². The summed E-state index contributed by atoms with van der Waals surface area (Å²) in [5.74, 6) is 0.889. The third-order valence-corrected chi connectivity index (χ3v) is 13.9. The molecule has 5 nitrogen and oxygen atoms in total. The Labute approximate surface area is 254 Å². The maximum absolute atomic E-state index is 10.2. The van der Waals surface area contributed by atoms with E-state index in [2.05, 4.69) is 99.6 Å². The summed E-state index contributed by atoms with van der Waals surface area (Å²) in [5, 5.41) is 10.2. The number of allylic oxidation sites excluding steroid dienone is 1. The lowest BCUT2D eigenvalue weighted by atomic mass is 9.56. The Morgan fingerprint density at radius 3 is 1.79 bits per heavy atom. The van der Waals surface area contributed by atoms with Crippen molar-refractivity contribution in [2.45, 2.75) is 67.6 Å². The summed E-state index contributed by atoms with van der Waals surface area (Å²) >= 11 is 0. The molecule has 6 fully saturated rings. The van der Waals surface area contributed by atoms with Gasteiger partial charge in [0.05, 0.1) is 18.7 Å². The van der Waals surface area contributed by atoms with Gasteiger partial charge in [0.15, 0.2) is 0 Å². The van der Waals surface area contributed by atoms with Gasteiger partial charge in [0, 0.05) is 71.6 Å². The molecular weight excluding hydrogens is 528 g/mol. The fourth-order valence-electron chi connectivity index (χ4n) is 12.6. The van der Waals surface area contributed by atoms with Crippen molar-refractivity contribution in [3.8, 4) is 0 Å². The van der Waals surface area contributed by atoms with Crippen LogP contribution in [0.25, 0.3) is 0 Å². The first kappa shape index (κ1) is 24.2. The van der Waals surface area contributed by atoms with Gasteiger partial charge in [0.1, 0.15) is 0 Å². The van der Waals surface area contributed by atoms with Crippen LogP contribution in [0.5, 0.6) is 0 Å². The minimum atomic E-state index is 0.113. The number of hydrogen-bond donors (Lipinski definition) is 1. The number of nitrogens with zero attached hydrogens (tertiary/aromatic N) is 4. The molecule has 4 saturated heterocycles. The summed E-state index contributed by atoms with van der Waals surface area (Å²) in [6, 6.07) is 20.7. The molecular formula is C38H40N4O. The first-order chi connectivity index (χ1) is 21.2. The zero-order chi connectivity index (χ0) is 28.2. The Kier molecular flexibility index (Phi) is 4.47. The van der Waals surface area contributed by atoms with E-state index in [1.807, 2.05) is 0 Å². The van der Waals surface area contributed by atoms with Crippen molar-refractivity contribution in [2.24, 2.45) is 11.8 Å². The van der Waals surface area contributed by atoms with Crippen molar-refractivity contribution in [3.05, 3.63) is 107 Å². The fraction of sp³-hybridized carbons (Fsp3) is 0.474. The summed E-state index contributed by atoms with van der Waals surface area (Å²) in [6.45, 7) is 6.87. The van der Waals surface area contributed by atoms with Crippen molar-refractivity contribution >= 4 is 11.4 Å². The van der Waals surface area contributed by atoms with E-state index in [9.17, 15) is 5.11 Å². The Hall–Kier alpha value is -3.12. The average molecular weight is 569 g/mol. The minimum absolute atomic E-state index is 0.113.